The van der Waals surface area contributed by atoms with Crippen LogP contribution in [-0.4, -0.2) is 17.7 Å². The number of nitrogens with zero attached hydrogens (tertiary/aromatic N) is 1. The largest absolute Gasteiger partial charge is 0.382 e. The molecule has 0 amide bonds. The summed E-state index contributed by atoms with van der Waals surface area (Å²) >= 11 is 0. The van der Waals surface area contributed by atoms with Gasteiger partial charge < -0.3 is 5.32 Å². The average molecular weight is 229 g/mol. The standard InChI is InChI=1S/C12H15N5/c1-3-7-13-9(5-1)11-15-12(17-16-11)10-6-2-4-8-14-10/h1-7,11-12,14-17H,8H2. The van der Waals surface area contributed by atoms with E-state index >= 15 is 0 Å². The third-order valence-corrected chi connectivity index (χ3v) is 2.84. The van der Waals surface area contributed by atoms with E-state index in [0.717, 1.165) is 17.9 Å². The van der Waals surface area contributed by atoms with Gasteiger partial charge in [-0.2, -0.15) is 0 Å². The Bertz CT molecular complexity index is 439. The van der Waals surface area contributed by atoms with E-state index in [0.29, 0.717) is 0 Å². The molecule has 1 saturated heterocycles. The van der Waals surface area contributed by atoms with Crippen LogP contribution in [0.2, 0.25) is 0 Å². The van der Waals surface area contributed by atoms with Gasteiger partial charge in [0.15, 0.2) is 0 Å². The van der Waals surface area contributed by atoms with Crippen molar-refractivity contribution in [3.8, 4) is 0 Å². The van der Waals surface area contributed by atoms with Crippen molar-refractivity contribution in [1.29, 1.82) is 0 Å². The average Bonchev–Trinajstić information content (AvgIpc) is 2.90. The lowest BCUT2D eigenvalue weighted by Crippen LogP contribution is -2.41. The molecule has 3 rings (SSSR count). The van der Waals surface area contributed by atoms with Crippen LogP contribution in [0.3, 0.4) is 0 Å². The van der Waals surface area contributed by atoms with E-state index in [1.807, 2.05) is 18.2 Å². The minimum Gasteiger partial charge on any atom is -0.382 e. The molecule has 0 aliphatic carbocycles. The molecule has 0 radical (unpaired) electrons. The van der Waals surface area contributed by atoms with Gasteiger partial charge in [0.1, 0.15) is 12.3 Å². The molecule has 3 heterocycles. The van der Waals surface area contributed by atoms with Gasteiger partial charge >= 0.3 is 0 Å². The summed E-state index contributed by atoms with van der Waals surface area (Å²) in [6.45, 7) is 0.875. The van der Waals surface area contributed by atoms with Crippen LogP contribution in [0.5, 0.6) is 0 Å². The van der Waals surface area contributed by atoms with Crippen LogP contribution in [0.15, 0.2) is 48.3 Å². The zero-order valence-electron chi connectivity index (χ0n) is 9.35. The van der Waals surface area contributed by atoms with Crippen molar-refractivity contribution in [2.75, 3.05) is 6.54 Å². The molecule has 0 bridgehead atoms. The molecule has 0 spiro atoms. The SMILES string of the molecule is C1=CCNC(C2NNC(c3ccccn3)N2)=C1. The molecule has 1 aromatic rings. The highest BCUT2D eigenvalue weighted by atomic mass is 15.5. The first-order chi connectivity index (χ1) is 8.43. The molecule has 0 aromatic carbocycles. The van der Waals surface area contributed by atoms with Gasteiger partial charge in [-0.3, -0.25) is 10.3 Å². The molecule has 1 aromatic heterocycles. The maximum Gasteiger partial charge on any atom is 0.115 e. The molecule has 0 saturated carbocycles. The first kappa shape index (κ1) is 10.5. The van der Waals surface area contributed by atoms with Crippen molar-refractivity contribution in [3.05, 3.63) is 54.0 Å². The molecule has 2 aliphatic rings. The van der Waals surface area contributed by atoms with Gasteiger partial charge in [-0.25, -0.2) is 10.9 Å². The van der Waals surface area contributed by atoms with Gasteiger partial charge in [-0.1, -0.05) is 18.2 Å². The number of rotatable bonds is 2. The number of dihydropyridines is 1. The molecule has 5 nitrogen and oxygen atoms in total. The smallest absolute Gasteiger partial charge is 0.115 e. The van der Waals surface area contributed by atoms with Gasteiger partial charge in [0.05, 0.1) is 5.69 Å². The van der Waals surface area contributed by atoms with Crippen molar-refractivity contribution in [3.63, 3.8) is 0 Å². The fourth-order valence-corrected chi connectivity index (χ4v) is 1.96. The van der Waals surface area contributed by atoms with E-state index in [2.05, 4.69) is 44.7 Å². The fourth-order valence-electron chi connectivity index (χ4n) is 1.96. The lowest BCUT2D eigenvalue weighted by Gasteiger charge is -2.18. The summed E-state index contributed by atoms with van der Waals surface area (Å²) in [6, 6.07) is 5.90. The van der Waals surface area contributed by atoms with Crippen LogP contribution in [0, 0.1) is 0 Å². The van der Waals surface area contributed by atoms with Gasteiger partial charge in [0.25, 0.3) is 0 Å². The third-order valence-electron chi connectivity index (χ3n) is 2.84. The molecule has 2 aliphatic heterocycles. The summed E-state index contributed by atoms with van der Waals surface area (Å²) in [5, 5.41) is 6.75. The van der Waals surface area contributed by atoms with Crippen molar-refractivity contribution in [2.24, 2.45) is 0 Å². The molecule has 88 valence electrons. The van der Waals surface area contributed by atoms with E-state index in [9.17, 15) is 0 Å². The van der Waals surface area contributed by atoms with Crippen LogP contribution in [0.4, 0.5) is 0 Å². The lowest BCUT2D eigenvalue weighted by molar-refractivity contribution is 0.540. The van der Waals surface area contributed by atoms with E-state index < -0.39 is 0 Å². The zero-order valence-corrected chi connectivity index (χ0v) is 9.35. The monoisotopic (exact) mass is 229 g/mol. The topological polar surface area (TPSA) is 61.0 Å². The zero-order chi connectivity index (χ0) is 11.5. The minimum absolute atomic E-state index is 0.0369. The predicted molar refractivity (Wildman–Crippen MR) is 65.4 cm³/mol. The van der Waals surface area contributed by atoms with Crippen molar-refractivity contribution >= 4 is 0 Å². The van der Waals surface area contributed by atoms with Gasteiger partial charge in [-0.05, 0) is 18.2 Å². The summed E-state index contributed by atoms with van der Waals surface area (Å²) in [7, 11) is 0. The summed E-state index contributed by atoms with van der Waals surface area (Å²) < 4.78 is 0. The van der Waals surface area contributed by atoms with Crippen molar-refractivity contribution in [2.45, 2.75) is 12.3 Å². The Balaban J connectivity index is 1.70. The molecule has 2 atom stereocenters. The van der Waals surface area contributed by atoms with E-state index in [4.69, 9.17) is 0 Å². The van der Waals surface area contributed by atoms with Crippen molar-refractivity contribution in [1.82, 2.24) is 26.5 Å². The maximum atomic E-state index is 4.32. The molecule has 4 N–H and O–H groups in total. The number of hydrogen-bond donors (Lipinski definition) is 4. The minimum atomic E-state index is 0.0369. The Morgan fingerprint density at radius 3 is 2.88 bits per heavy atom. The Morgan fingerprint density at radius 1 is 1.18 bits per heavy atom. The second kappa shape index (κ2) is 4.67. The third kappa shape index (κ3) is 2.21. The Labute approximate surface area is 100.0 Å². The highest BCUT2D eigenvalue weighted by Gasteiger charge is 2.27. The quantitative estimate of drug-likeness (QED) is 0.581. The Hall–Kier alpha value is -1.69. The number of aromatic nitrogens is 1. The van der Waals surface area contributed by atoms with Crippen LogP contribution in [0.25, 0.3) is 0 Å². The molecule has 5 heteroatoms. The molecule has 2 unspecified atom stereocenters. The van der Waals surface area contributed by atoms with E-state index in [-0.39, 0.29) is 12.3 Å². The van der Waals surface area contributed by atoms with Crippen LogP contribution in [-0.2, 0) is 0 Å². The number of nitrogens with one attached hydrogen (secondary N) is 4. The van der Waals surface area contributed by atoms with Gasteiger partial charge in [0, 0.05) is 18.4 Å². The van der Waals surface area contributed by atoms with E-state index in [1.165, 1.54) is 0 Å². The van der Waals surface area contributed by atoms with Crippen LogP contribution in [0.1, 0.15) is 11.9 Å². The number of allylic oxidation sites excluding steroid dienone is 2. The molecule has 17 heavy (non-hydrogen) atoms. The summed E-state index contributed by atoms with van der Waals surface area (Å²) in [6.07, 6.45) is 8.14. The van der Waals surface area contributed by atoms with Gasteiger partial charge in [0.2, 0.25) is 0 Å². The van der Waals surface area contributed by atoms with Crippen LogP contribution < -0.4 is 21.5 Å². The Morgan fingerprint density at radius 2 is 2.12 bits per heavy atom. The lowest BCUT2D eigenvalue weighted by atomic mass is 10.2. The number of hydrazine groups is 1. The number of hydrogen-bond acceptors (Lipinski definition) is 5. The molecular formula is C12H15N5. The first-order valence-corrected chi connectivity index (χ1v) is 5.72. The summed E-state index contributed by atoms with van der Waals surface area (Å²) in [5.74, 6) is 0. The molecular weight excluding hydrogens is 214 g/mol. The normalized spacial score (nSPS) is 27.6. The maximum absolute atomic E-state index is 4.32. The Kier molecular flexibility index (Phi) is 2.87. The highest BCUT2D eigenvalue weighted by molar-refractivity contribution is 5.22. The summed E-state index contributed by atoms with van der Waals surface area (Å²) in [4.78, 5) is 4.32. The second-order valence-corrected chi connectivity index (χ2v) is 4.01. The van der Waals surface area contributed by atoms with Gasteiger partial charge in [-0.15, -0.1) is 0 Å². The van der Waals surface area contributed by atoms with Crippen LogP contribution >= 0.6 is 0 Å². The number of pyridine rings is 1. The van der Waals surface area contributed by atoms with E-state index in [1.54, 1.807) is 6.20 Å². The second-order valence-electron chi connectivity index (χ2n) is 4.01. The highest BCUT2D eigenvalue weighted by Crippen LogP contribution is 2.13. The predicted octanol–water partition coefficient (Wildman–Crippen LogP) is 0.147. The molecule has 1 fully saturated rings. The summed E-state index contributed by atoms with van der Waals surface area (Å²) in [5.41, 5.74) is 8.52. The first-order valence-electron chi connectivity index (χ1n) is 5.72. The fraction of sp³-hybridized carbons (Fsp3) is 0.250. The van der Waals surface area contributed by atoms with Crippen molar-refractivity contribution < 1.29 is 0 Å².